The Labute approximate surface area is 136 Å². The minimum atomic E-state index is -0.270. The molecule has 2 aliphatic heterocycles. The van der Waals surface area contributed by atoms with E-state index in [1.54, 1.807) is 0 Å². The molecule has 5 heteroatoms. The molecule has 0 aromatic heterocycles. The molecule has 2 aromatic carbocycles. The van der Waals surface area contributed by atoms with Crippen LogP contribution in [0.4, 0.5) is 11.4 Å². The Balaban J connectivity index is 1.72. The van der Waals surface area contributed by atoms with Crippen LogP contribution >= 0.6 is 15.9 Å². The Morgan fingerprint density at radius 2 is 1.86 bits per heavy atom. The molecule has 2 heterocycles. The van der Waals surface area contributed by atoms with Gasteiger partial charge in [0, 0.05) is 16.9 Å². The predicted octanol–water partition coefficient (Wildman–Crippen LogP) is 3.63. The molecule has 0 fully saturated rings. The van der Waals surface area contributed by atoms with E-state index in [1.807, 2.05) is 36.4 Å². The number of carbonyl (C=O) groups excluding carboxylic acids is 1. The zero-order valence-corrected chi connectivity index (χ0v) is 13.3. The number of nitrogens with one attached hydrogen (secondary N) is 2. The van der Waals surface area contributed by atoms with Crippen LogP contribution in [-0.2, 0) is 4.79 Å². The van der Waals surface area contributed by atoms with Crippen LogP contribution in [0.1, 0.15) is 11.5 Å². The molecule has 0 bridgehead atoms. The number of nitrogens with zero attached hydrogens (tertiary/aromatic N) is 1. The molecule has 2 aromatic rings. The largest absolute Gasteiger partial charge is 0.342 e. The molecule has 2 atom stereocenters. The number of carbonyl (C=O) groups is 1. The van der Waals surface area contributed by atoms with E-state index < -0.39 is 0 Å². The number of amidine groups is 1. The highest BCUT2D eigenvalue weighted by Crippen LogP contribution is 2.37. The molecular formula is C17H14BrN3O. The number of halogens is 1. The van der Waals surface area contributed by atoms with Crippen LogP contribution in [0.25, 0.3) is 0 Å². The van der Waals surface area contributed by atoms with Crippen molar-refractivity contribution in [1.82, 2.24) is 0 Å². The van der Waals surface area contributed by atoms with Gasteiger partial charge in [0.25, 0.3) is 0 Å². The van der Waals surface area contributed by atoms with Gasteiger partial charge in [-0.3, -0.25) is 9.79 Å². The van der Waals surface area contributed by atoms with Crippen molar-refractivity contribution in [2.24, 2.45) is 10.9 Å². The van der Waals surface area contributed by atoms with E-state index in [1.165, 1.54) is 0 Å². The minimum Gasteiger partial charge on any atom is -0.342 e. The lowest BCUT2D eigenvalue weighted by atomic mass is 9.87. The molecule has 22 heavy (non-hydrogen) atoms. The first-order chi connectivity index (χ1) is 10.7. The molecule has 4 rings (SSSR count). The van der Waals surface area contributed by atoms with Gasteiger partial charge in [0.2, 0.25) is 5.91 Å². The van der Waals surface area contributed by atoms with Crippen LogP contribution in [0.3, 0.4) is 0 Å². The summed E-state index contributed by atoms with van der Waals surface area (Å²) in [5.74, 6) is 0.567. The van der Waals surface area contributed by atoms with E-state index in [9.17, 15) is 4.79 Å². The third kappa shape index (κ3) is 2.22. The van der Waals surface area contributed by atoms with Crippen LogP contribution < -0.4 is 10.6 Å². The highest BCUT2D eigenvalue weighted by atomic mass is 79.9. The average Bonchev–Trinajstić information content (AvgIpc) is 2.89. The summed E-state index contributed by atoms with van der Waals surface area (Å²) in [4.78, 5) is 17.3. The van der Waals surface area contributed by atoms with Crippen molar-refractivity contribution in [2.45, 2.75) is 5.92 Å². The van der Waals surface area contributed by atoms with Gasteiger partial charge in [-0.1, -0.05) is 46.3 Å². The number of hydrogen-bond donors (Lipinski definition) is 2. The lowest BCUT2D eigenvalue weighted by molar-refractivity contribution is -0.118. The predicted molar refractivity (Wildman–Crippen MR) is 91.4 cm³/mol. The van der Waals surface area contributed by atoms with Crippen molar-refractivity contribution in [1.29, 1.82) is 0 Å². The van der Waals surface area contributed by atoms with Crippen LogP contribution in [0.5, 0.6) is 0 Å². The van der Waals surface area contributed by atoms with Gasteiger partial charge in [0.1, 0.15) is 11.8 Å². The third-order valence-corrected chi connectivity index (χ3v) is 4.66. The fraction of sp³-hybridized carbons (Fsp3) is 0.176. The van der Waals surface area contributed by atoms with Gasteiger partial charge in [-0.2, -0.15) is 0 Å². The SMILES string of the molecule is O=C1Nc2ccc(Br)cc2NC2=NCC(c3ccccc3)C12. The second-order valence-corrected chi connectivity index (χ2v) is 6.44. The van der Waals surface area contributed by atoms with E-state index in [0.29, 0.717) is 6.54 Å². The molecule has 2 N–H and O–H groups in total. The molecule has 0 radical (unpaired) electrons. The number of hydrogen-bond acceptors (Lipinski definition) is 3. The van der Waals surface area contributed by atoms with Crippen LogP contribution in [0.2, 0.25) is 0 Å². The first-order valence-electron chi connectivity index (χ1n) is 7.19. The summed E-state index contributed by atoms with van der Waals surface area (Å²) in [6.45, 7) is 0.633. The Hall–Kier alpha value is -2.14. The standard InChI is InChI=1S/C17H14BrN3O/c18-11-6-7-13-14(8-11)20-16-15(17(22)21-13)12(9-19-16)10-4-2-1-3-5-10/h1-8,12,15H,9H2,(H,19,20)(H,21,22). The number of rotatable bonds is 1. The smallest absolute Gasteiger partial charge is 0.235 e. The first kappa shape index (κ1) is 13.5. The number of fused-ring (bicyclic) bond motifs is 2. The lowest BCUT2D eigenvalue weighted by Gasteiger charge is -2.18. The van der Waals surface area contributed by atoms with Crippen LogP contribution in [0, 0.1) is 5.92 Å². The van der Waals surface area contributed by atoms with E-state index in [4.69, 9.17) is 0 Å². The maximum absolute atomic E-state index is 12.7. The number of aliphatic imine (C=N–C) groups is 1. The average molecular weight is 356 g/mol. The van der Waals surface area contributed by atoms with Gasteiger partial charge in [0.05, 0.1) is 11.4 Å². The summed E-state index contributed by atoms with van der Waals surface area (Å²) in [5, 5.41) is 6.35. The molecule has 1 amide bonds. The van der Waals surface area contributed by atoms with E-state index in [-0.39, 0.29) is 17.7 Å². The Bertz CT molecular complexity index is 773. The van der Waals surface area contributed by atoms with E-state index in [2.05, 4.69) is 43.7 Å². The van der Waals surface area contributed by atoms with Crippen molar-refractivity contribution in [3.8, 4) is 0 Å². The van der Waals surface area contributed by atoms with Gasteiger partial charge in [0.15, 0.2) is 0 Å². The summed E-state index contributed by atoms with van der Waals surface area (Å²) in [6.07, 6.45) is 0. The fourth-order valence-corrected chi connectivity index (χ4v) is 3.45. The van der Waals surface area contributed by atoms with Crippen molar-refractivity contribution in [3.63, 3.8) is 0 Å². The summed E-state index contributed by atoms with van der Waals surface area (Å²) in [6, 6.07) is 15.9. The van der Waals surface area contributed by atoms with Gasteiger partial charge in [-0.25, -0.2) is 0 Å². The maximum Gasteiger partial charge on any atom is 0.235 e. The van der Waals surface area contributed by atoms with Crippen LogP contribution in [-0.4, -0.2) is 18.3 Å². The number of amides is 1. The Morgan fingerprint density at radius 3 is 2.68 bits per heavy atom. The van der Waals surface area contributed by atoms with Gasteiger partial charge in [-0.15, -0.1) is 0 Å². The minimum absolute atomic E-state index is 0.00123. The van der Waals surface area contributed by atoms with Crippen LogP contribution in [0.15, 0.2) is 58.0 Å². The number of anilines is 2. The third-order valence-electron chi connectivity index (χ3n) is 4.17. The highest BCUT2D eigenvalue weighted by molar-refractivity contribution is 9.10. The van der Waals surface area contributed by atoms with E-state index >= 15 is 0 Å². The summed E-state index contributed by atoms with van der Waals surface area (Å²) < 4.78 is 0.963. The lowest BCUT2D eigenvalue weighted by Crippen LogP contribution is -2.32. The molecule has 2 unspecified atom stereocenters. The Kier molecular flexibility index (Phi) is 3.22. The highest BCUT2D eigenvalue weighted by Gasteiger charge is 2.40. The zero-order chi connectivity index (χ0) is 15.1. The van der Waals surface area contributed by atoms with Gasteiger partial charge < -0.3 is 10.6 Å². The molecule has 4 nitrogen and oxygen atoms in total. The quantitative estimate of drug-likeness (QED) is 0.820. The molecule has 2 aliphatic rings. The second kappa shape index (κ2) is 5.25. The number of benzene rings is 2. The van der Waals surface area contributed by atoms with Gasteiger partial charge >= 0.3 is 0 Å². The molecule has 0 saturated carbocycles. The molecular weight excluding hydrogens is 342 g/mol. The van der Waals surface area contributed by atoms with Crippen molar-refractivity contribution in [2.75, 3.05) is 17.2 Å². The topological polar surface area (TPSA) is 53.5 Å². The van der Waals surface area contributed by atoms with Crippen molar-refractivity contribution < 1.29 is 4.79 Å². The monoisotopic (exact) mass is 355 g/mol. The van der Waals surface area contributed by atoms with E-state index in [0.717, 1.165) is 27.2 Å². The maximum atomic E-state index is 12.7. The molecule has 0 aliphatic carbocycles. The Morgan fingerprint density at radius 1 is 1.05 bits per heavy atom. The summed E-state index contributed by atoms with van der Waals surface area (Å²) in [7, 11) is 0. The van der Waals surface area contributed by atoms with Crippen molar-refractivity contribution >= 4 is 39.0 Å². The fourth-order valence-electron chi connectivity index (χ4n) is 3.09. The zero-order valence-electron chi connectivity index (χ0n) is 11.7. The van der Waals surface area contributed by atoms with Crippen molar-refractivity contribution in [3.05, 3.63) is 58.6 Å². The molecule has 0 spiro atoms. The second-order valence-electron chi connectivity index (χ2n) is 5.52. The normalized spacial score (nSPS) is 22.8. The first-order valence-corrected chi connectivity index (χ1v) is 7.98. The summed E-state index contributed by atoms with van der Waals surface area (Å²) >= 11 is 3.46. The molecule has 110 valence electrons. The summed E-state index contributed by atoms with van der Waals surface area (Å²) in [5.41, 5.74) is 2.81. The molecule has 0 saturated heterocycles. The van der Waals surface area contributed by atoms with Gasteiger partial charge in [-0.05, 0) is 23.8 Å².